The van der Waals surface area contributed by atoms with E-state index in [1.807, 2.05) is 24.3 Å². The zero-order chi connectivity index (χ0) is 22.9. The van der Waals surface area contributed by atoms with E-state index in [-0.39, 0.29) is 24.5 Å². The molecule has 32 heavy (non-hydrogen) atoms. The number of carbonyl (C=O) groups excluding carboxylic acids is 2. The summed E-state index contributed by atoms with van der Waals surface area (Å²) in [5.74, 6) is 0.835. The van der Waals surface area contributed by atoms with Gasteiger partial charge in [-0.3, -0.25) is 9.59 Å². The van der Waals surface area contributed by atoms with Crippen LogP contribution < -0.4 is 14.8 Å². The van der Waals surface area contributed by atoms with Gasteiger partial charge in [-0.05, 0) is 55.7 Å². The number of amides is 2. The molecule has 0 heterocycles. The van der Waals surface area contributed by atoms with E-state index in [1.54, 1.807) is 43.2 Å². The minimum absolute atomic E-state index is 0.137. The minimum atomic E-state index is -0.630. The molecule has 172 valence electrons. The highest BCUT2D eigenvalue weighted by Crippen LogP contribution is 2.20. The zero-order valence-corrected chi connectivity index (χ0v) is 19.4. The third-order valence-electron chi connectivity index (χ3n) is 5.79. The van der Waals surface area contributed by atoms with Gasteiger partial charge in [-0.1, -0.05) is 49.1 Å². The largest absolute Gasteiger partial charge is 0.497 e. The number of carbonyl (C=O) groups is 2. The lowest BCUT2D eigenvalue weighted by molar-refractivity contribution is -0.142. The lowest BCUT2D eigenvalue weighted by Crippen LogP contribution is -2.51. The molecular weight excluding hydrogens is 428 g/mol. The molecule has 0 spiro atoms. The average Bonchev–Trinajstić information content (AvgIpc) is 2.81. The summed E-state index contributed by atoms with van der Waals surface area (Å²) in [6, 6.07) is 13.9. The van der Waals surface area contributed by atoms with Crippen LogP contribution >= 0.6 is 11.6 Å². The van der Waals surface area contributed by atoms with Crippen LogP contribution in [0.1, 0.15) is 44.6 Å². The fourth-order valence-corrected chi connectivity index (χ4v) is 4.04. The summed E-state index contributed by atoms with van der Waals surface area (Å²) in [5.41, 5.74) is 0.902. The maximum atomic E-state index is 13.1. The quantitative estimate of drug-likeness (QED) is 0.596. The normalized spacial score (nSPS) is 15.0. The van der Waals surface area contributed by atoms with Gasteiger partial charge in [0.1, 0.15) is 17.5 Å². The van der Waals surface area contributed by atoms with Gasteiger partial charge in [-0.25, -0.2) is 0 Å². The van der Waals surface area contributed by atoms with Crippen molar-refractivity contribution in [3.63, 3.8) is 0 Å². The van der Waals surface area contributed by atoms with Crippen molar-refractivity contribution < 1.29 is 19.1 Å². The van der Waals surface area contributed by atoms with Crippen LogP contribution in [0.25, 0.3) is 0 Å². The molecule has 3 rings (SSSR count). The van der Waals surface area contributed by atoms with Crippen molar-refractivity contribution in [1.29, 1.82) is 0 Å². The van der Waals surface area contributed by atoms with Crippen LogP contribution in [-0.2, 0) is 16.1 Å². The van der Waals surface area contributed by atoms with Gasteiger partial charge in [0, 0.05) is 17.6 Å². The molecule has 1 N–H and O–H groups in total. The van der Waals surface area contributed by atoms with Crippen LogP contribution in [0.5, 0.6) is 11.5 Å². The molecule has 0 aromatic heterocycles. The molecule has 1 aliphatic rings. The molecule has 1 fully saturated rings. The topological polar surface area (TPSA) is 67.9 Å². The fraction of sp³-hybridized carbons (Fsp3) is 0.440. The summed E-state index contributed by atoms with van der Waals surface area (Å²) in [4.78, 5) is 27.7. The summed E-state index contributed by atoms with van der Waals surface area (Å²) < 4.78 is 10.9. The van der Waals surface area contributed by atoms with E-state index in [9.17, 15) is 9.59 Å². The average molecular weight is 459 g/mol. The SMILES string of the molecule is COc1ccc(CN(C(=O)COc2cccc(Cl)c2)[C@@H](C)C(=O)NC2CCCCC2)cc1. The molecule has 1 atom stereocenters. The summed E-state index contributed by atoms with van der Waals surface area (Å²) in [7, 11) is 1.61. The van der Waals surface area contributed by atoms with E-state index in [0.29, 0.717) is 17.3 Å². The van der Waals surface area contributed by atoms with Crippen molar-refractivity contribution in [2.75, 3.05) is 13.7 Å². The molecule has 0 bridgehead atoms. The highest BCUT2D eigenvalue weighted by atomic mass is 35.5. The van der Waals surface area contributed by atoms with E-state index in [0.717, 1.165) is 37.0 Å². The minimum Gasteiger partial charge on any atom is -0.497 e. The van der Waals surface area contributed by atoms with Gasteiger partial charge >= 0.3 is 0 Å². The first-order chi connectivity index (χ1) is 15.5. The van der Waals surface area contributed by atoms with Crippen molar-refractivity contribution in [2.24, 2.45) is 0 Å². The highest BCUT2D eigenvalue weighted by molar-refractivity contribution is 6.30. The smallest absolute Gasteiger partial charge is 0.261 e. The monoisotopic (exact) mass is 458 g/mol. The predicted molar refractivity (Wildman–Crippen MR) is 125 cm³/mol. The maximum absolute atomic E-state index is 13.1. The van der Waals surface area contributed by atoms with Crippen LogP contribution in [0.2, 0.25) is 5.02 Å². The lowest BCUT2D eigenvalue weighted by atomic mass is 9.95. The standard InChI is InChI=1S/C25H31ClN2O4/c1-18(25(30)27-21-8-4-3-5-9-21)28(16-19-11-13-22(31-2)14-12-19)24(29)17-32-23-10-6-7-20(26)15-23/h6-7,10-15,18,21H,3-5,8-9,16-17H2,1-2H3,(H,27,30)/t18-/m0/s1. The Morgan fingerprint density at radius 1 is 1.09 bits per heavy atom. The number of halogens is 1. The molecule has 2 aromatic rings. The van der Waals surface area contributed by atoms with E-state index in [1.165, 1.54) is 6.42 Å². The first-order valence-corrected chi connectivity index (χ1v) is 11.4. The van der Waals surface area contributed by atoms with Crippen LogP contribution in [-0.4, -0.2) is 42.5 Å². The molecule has 7 heteroatoms. The number of ether oxygens (including phenoxy) is 2. The van der Waals surface area contributed by atoms with Crippen molar-refractivity contribution in [2.45, 2.75) is 57.7 Å². The number of nitrogens with one attached hydrogen (secondary N) is 1. The van der Waals surface area contributed by atoms with Crippen LogP contribution in [0.15, 0.2) is 48.5 Å². The Hall–Kier alpha value is -2.73. The molecular formula is C25H31ClN2O4. The Bertz CT molecular complexity index is 897. The first kappa shape index (κ1) is 23.9. The van der Waals surface area contributed by atoms with Gasteiger partial charge in [0.2, 0.25) is 5.91 Å². The van der Waals surface area contributed by atoms with Gasteiger partial charge in [0.25, 0.3) is 5.91 Å². The van der Waals surface area contributed by atoms with Crippen LogP contribution in [0.4, 0.5) is 0 Å². The van der Waals surface area contributed by atoms with E-state index in [2.05, 4.69) is 5.32 Å². The summed E-state index contributed by atoms with van der Waals surface area (Å²) in [5, 5.41) is 3.66. The Labute approximate surface area is 194 Å². The van der Waals surface area contributed by atoms with Crippen molar-refractivity contribution in [3.8, 4) is 11.5 Å². The molecule has 2 aromatic carbocycles. The summed E-state index contributed by atoms with van der Waals surface area (Å²) in [6.07, 6.45) is 5.44. The van der Waals surface area contributed by atoms with E-state index in [4.69, 9.17) is 21.1 Å². The second-order valence-electron chi connectivity index (χ2n) is 8.14. The molecule has 0 saturated heterocycles. The molecule has 2 amide bonds. The van der Waals surface area contributed by atoms with Gasteiger partial charge in [-0.2, -0.15) is 0 Å². The Morgan fingerprint density at radius 2 is 1.81 bits per heavy atom. The lowest BCUT2D eigenvalue weighted by Gasteiger charge is -2.31. The van der Waals surface area contributed by atoms with E-state index < -0.39 is 6.04 Å². The van der Waals surface area contributed by atoms with Crippen molar-refractivity contribution in [3.05, 3.63) is 59.1 Å². The summed E-state index contributed by atoms with van der Waals surface area (Å²) in [6.45, 7) is 1.87. The Morgan fingerprint density at radius 3 is 2.47 bits per heavy atom. The predicted octanol–water partition coefficient (Wildman–Crippen LogP) is 4.59. The maximum Gasteiger partial charge on any atom is 0.261 e. The van der Waals surface area contributed by atoms with Crippen molar-refractivity contribution >= 4 is 23.4 Å². The number of nitrogens with zero attached hydrogens (tertiary/aromatic N) is 1. The van der Waals surface area contributed by atoms with E-state index >= 15 is 0 Å². The van der Waals surface area contributed by atoms with Crippen LogP contribution in [0.3, 0.4) is 0 Å². The second kappa shape index (κ2) is 11.8. The zero-order valence-electron chi connectivity index (χ0n) is 18.7. The first-order valence-electron chi connectivity index (χ1n) is 11.1. The number of methoxy groups -OCH3 is 1. The summed E-state index contributed by atoms with van der Waals surface area (Å²) >= 11 is 6.00. The number of rotatable bonds is 9. The Balaban J connectivity index is 1.70. The number of hydrogen-bond acceptors (Lipinski definition) is 4. The molecule has 0 unspecified atom stereocenters. The Kier molecular flexibility index (Phi) is 8.80. The number of hydrogen-bond donors (Lipinski definition) is 1. The van der Waals surface area contributed by atoms with Gasteiger partial charge in [0.05, 0.1) is 7.11 Å². The molecule has 1 aliphatic carbocycles. The molecule has 0 aliphatic heterocycles. The van der Waals surface area contributed by atoms with Crippen LogP contribution in [0, 0.1) is 0 Å². The van der Waals surface area contributed by atoms with Crippen molar-refractivity contribution in [1.82, 2.24) is 10.2 Å². The molecule has 6 nitrogen and oxygen atoms in total. The third kappa shape index (κ3) is 6.89. The van der Waals surface area contributed by atoms with Gasteiger partial charge in [-0.15, -0.1) is 0 Å². The second-order valence-corrected chi connectivity index (χ2v) is 8.57. The molecule has 0 radical (unpaired) electrons. The van der Waals surface area contributed by atoms with Gasteiger partial charge in [0.15, 0.2) is 6.61 Å². The highest BCUT2D eigenvalue weighted by Gasteiger charge is 2.28. The molecule has 1 saturated carbocycles. The number of benzene rings is 2. The third-order valence-corrected chi connectivity index (χ3v) is 6.02. The van der Waals surface area contributed by atoms with Gasteiger partial charge < -0.3 is 19.7 Å². The fourth-order valence-electron chi connectivity index (χ4n) is 3.86.